The van der Waals surface area contributed by atoms with Crippen LogP contribution in [-0.4, -0.2) is 34.6 Å². The number of hydrogen-bond acceptors (Lipinski definition) is 2. The van der Waals surface area contributed by atoms with Gasteiger partial charge in [0.05, 0.1) is 0 Å². The van der Waals surface area contributed by atoms with Gasteiger partial charge in [0.25, 0.3) is 0 Å². The molecule has 3 nitrogen and oxygen atoms in total. The minimum Gasteiger partial charge on any atom is -0.480 e. The molecule has 0 saturated heterocycles. The van der Waals surface area contributed by atoms with Crippen LogP contribution in [0.5, 0.6) is 0 Å². The molecule has 0 aromatic rings. The number of rotatable bonds is 3. The largest absolute Gasteiger partial charge is 0.480 e. The van der Waals surface area contributed by atoms with Gasteiger partial charge in [-0.2, -0.15) is 0 Å². The van der Waals surface area contributed by atoms with Crippen LogP contribution in [0.1, 0.15) is 52.4 Å². The molecule has 3 heteroatoms. The van der Waals surface area contributed by atoms with Crippen molar-refractivity contribution in [2.45, 2.75) is 64.0 Å². The summed E-state index contributed by atoms with van der Waals surface area (Å²) in [7, 11) is 1.95. The number of aliphatic carboxylic acids is 1. The van der Waals surface area contributed by atoms with Crippen LogP contribution in [0, 0.1) is 0 Å². The van der Waals surface area contributed by atoms with Gasteiger partial charge in [0.1, 0.15) is 5.54 Å². The summed E-state index contributed by atoms with van der Waals surface area (Å²) < 4.78 is 0. The smallest absolute Gasteiger partial charge is 0.324 e. The topological polar surface area (TPSA) is 40.5 Å². The normalized spacial score (nSPS) is 21.7. The molecule has 15 heavy (non-hydrogen) atoms. The Labute approximate surface area is 92.5 Å². The van der Waals surface area contributed by atoms with Crippen molar-refractivity contribution in [3.63, 3.8) is 0 Å². The van der Waals surface area contributed by atoms with E-state index in [9.17, 15) is 9.90 Å². The lowest BCUT2D eigenvalue weighted by Crippen LogP contribution is -2.55. The molecule has 88 valence electrons. The average Bonchev–Trinajstić information content (AvgIpc) is 2.42. The van der Waals surface area contributed by atoms with Gasteiger partial charge in [-0.3, -0.25) is 9.69 Å². The Bertz CT molecular complexity index is 218. The maximum Gasteiger partial charge on any atom is 0.324 e. The van der Waals surface area contributed by atoms with E-state index in [4.69, 9.17) is 0 Å². The van der Waals surface area contributed by atoms with Gasteiger partial charge >= 0.3 is 5.97 Å². The van der Waals surface area contributed by atoms with Crippen molar-refractivity contribution >= 4 is 5.97 Å². The van der Waals surface area contributed by atoms with Crippen LogP contribution in [-0.2, 0) is 4.79 Å². The fraction of sp³-hybridized carbons (Fsp3) is 0.917. The van der Waals surface area contributed by atoms with Gasteiger partial charge in [0.2, 0.25) is 0 Å². The number of carboxylic acids is 1. The molecule has 0 spiro atoms. The Balaban J connectivity index is 2.89. The second-order valence-electron chi connectivity index (χ2n) is 4.96. The molecule has 0 aromatic heterocycles. The first-order valence-corrected chi connectivity index (χ1v) is 5.97. The molecule has 0 aromatic carbocycles. The molecule has 1 aliphatic rings. The van der Waals surface area contributed by atoms with Crippen LogP contribution in [0.2, 0.25) is 0 Å². The first-order valence-electron chi connectivity index (χ1n) is 5.97. The number of carboxylic acid groups (broad SMARTS) is 1. The maximum absolute atomic E-state index is 11.5. The highest BCUT2D eigenvalue weighted by atomic mass is 16.4. The summed E-state index contributed by atoms with van der Waals surface area (Å²) in [4.78, 5) is 13.6. The summed E-state index contributed by atoms with van der Waals surface area (Å²) in [6.45, 7) is 4.13. The van der Waals surface area contributed by atoms with Crippen LogP contribution < -0.4 is 0 Å². The van der Waals surface area contributed by atoms with Crippen molar-refractivity contribution < 1.29 is 9.90 Å². The molecule has 0 aliphatic heterocycles. The third-order valence-electron chi connectivity index (χ3n) is 3.78. The zero-order chi connectivity index (χ0) is 11.5. The minimum atomic E-state index is -0.638. The lowest BCUT2D eigenvalue weighted by atomic mass is 9.87. The molecule has 1 fully saturated rings. The SMILES string of the molecule is CC(C)N(C)C1(C(=O)O)CCCCCC1. The van der Waals surface area contributed by atoms with E-state index in [0.717, 1.165) is 25.7 Å². The Morgan fingerprint density at radius 1 is 1.20 bits per heavy atom. The van der Waals surface area contributed by atoms with Gasteiger partial charge in [-0.1, -0.05) is 25.7 Å². The van der Waals surface area contributed by atoms with Gasteiger partial charge in [-0.15, -0.1) is 0 Å². The van der Waals surface area contributed by atoms with Crippen LogP contribution in [0.15, 0.2) is 0 Å². The fourth-order valence-corrected chi connectivity index (χ4v) is 2.53. The Kier molecular flexibility index (Phi) is 4.14. The Morgan fingerprint density at radius 3 is 2.00 bits per heavy atom. The van der Waals surface area contributed by atoms with Gasteiger partial charge in [-0.05, 0) is 33.7 Å². The van der Waals surface area contributed by atoms with Gasteiger partial charge < -0.3 is 5.11 Å². The zero-order valence-electron chi connectivity index (χ0n) is 10.1. The standard InChI is InChI=1S/C12H23NO2/c1-10(2)13(3)12(11(14)15)8-6-4-5-7-9-12/h10H,4-9H2,1-3H3,(H,14,15). The molecule has 0 bridgehead atoms. The summed E-state index contributed by atoms with van der Waals surface area (Å²) in [5.41, 5.74) is -0.606. The van der Waals surface area contributed by atoms with E-state index >= 15 is 0 Å². The molecular weight excluding hydrogens is 190 g/mol. The summed E-state index contributed by atoms with van der Waals surface area (Å²) in [5, 5.41) is 9.49. The molecule has 1 aliphatic carbocycles. The second kappa shape index (κ2) is 4.97. The van der Waals surface area contributed by atoms with Crippen LogP contribution in [0.4, 0.5) is 0 Å². The molecule has 1 N–H and O–H groups in total. The van der Waals surface area contributed by atoms with E-state index < -0.39 is 11.5 Å². The van der Waals surface area contributed by atoms with Crippen molar-refractivity contribution in [3.05, 3.63) is 0 Å². The second-order valence-corrected chi connectivity index (χ2v) is 4.96. The minimum absolute atomic E-state index is 0.291. The Morgan fingerprint density at radius 2 is 1.67 bits per heavy atom. The summed E-state index contributed by atoms with van der Waals surface area (Å²) in [5.74, 6) is -0.638. The van der Waals surface area contributed by atoms with Crippen molar-refractivity contribution in [2.75, 3.05) is 7.05 Å². The first-order chi connectivity index (χ1) is 7.00. The van der Waals surface area contributed by atoms with E-state index in [1.165, 1.54) is 12.8 Å². The predicted molar refractivity (Wildman–Crippen MR) is 61.0 cm³/mol. The van der Waals surface area contributed by atoms with Gasteiger partial charge in [0.15, 0.2) is 0 Å². The third kappa shape index (κ3) is 2.51. The molecule has 0 unspecified atom stereocenters. The van der Waals surface area contributed by atoms with Gasteiger partial charge in [0, 0.05) is 6.04 Å². The van der Waals surface area contributed by atoms with E-state index in [2.05, 4.69) is 13.8 Å². The molecule has 0 radical (unpaired) electrons. The third-order valence-corrected chi connectivity index (χ3v) is 3.78. The summed E-state index contributed by atoms with van der Waals surface area (Å²) >= 11 is 0. The quantitative estimate of drug-likeness (QED) is 0.732. The predicted octanol–water partition coefficient (Wildman–Crippen LogP) is 2.50. The highest BCUT2D eigenvalue weighted by molar-refractivity contribution is 5.78. The number of hydrogen-bond donors (Lipinski definition) is 1. The maximum atomic E-state index is 11.5. The van der Waals surface area contributed by atoms with Crippen molar-refractivity contribution in [1.82, 2.24) is 4.90 Å². The fourth-order valence-electron chi connectivity index (χ4n) is 2.53. The van der Waals surface area contributed by atoms with Crippen molar-refractivity contribution in [2.24, 2.45) is 0 Å². The average molecular weight is 213 g/mol. The van der Waals surface area contributed by atoms with E-state index in [1.54, 1.807) is 0 Å². The van der Waals surface area contributed by atoms with Crippen LogP contribution in [0.3, 0.4) is 0 Å². The molecule has 1 rings (SSSR count). The van der Waals surface area contributed by atoms with E-state index in [1.807, 2.05) is 11.9 Å². The van der Waals surface area contributed by atoms with Crippen LogP contribution >= 0.6 is 0 Å². The first kappa shape index (κ1) is 12.5. The number of likely N-dealkylation sites (N-methyl/N-ethyl adjacent to an activating group) is 1. The molecule has 0 amide bonds. The van der Waals surface area contributed by atoms with E-state index in [0.29, 0.717) is 6.04 Å². The number of nitrogens with zero attached hydrogens (tertiary/aromatic N) is 1. The molecule has 0 atom stereocenters. The summed E-state index contributed by atoms with van der Waals surface area (Å²) in [6, 6.07) is 0.291. The highest BCUT2D eigenvalue weighted by Crippen LogP contribution is 2.33. The lowest BCUT2D eigenvalue weighted by molar-refractivity contribution is -0.153. The molecule has 1 saturated carbocycles. The highest BCUT2D eigenvalue weighted by Gasteiger charge is 2.43. The van der Waals surface area contributed by atoms with E-state index in [-0.39, 0.29) is 0 Å². The Hall–Kier alpha value is -0.570. The number of carbonyl (C=O) groups is 1. The summed E-state index contributed by atoms with van der Waals surface area (Å²) in [6.07, 6.45) is 6.06. The van der Waals surface area contributed by atoms with Crippen molar-refractivity contribution in [1.29, 1.82) is 0 Å². The molecule has 0 heterocycles. The van der Waals surface area contributed by atoms with Crippen LogP contribution in [0.25, 0.3) is 0 Å². The van der Waals surface area contributed by atoms with Gasteiger partial charge in [-0.25, -0.2) is 0 Å². The monoisotopic (exact) mass is 213 g/mol. The van der Waals surface area contributed by atoms with Crippen molar-refractivity contribution in [3.8, 4) is 0 Å². The lowest BCUT2D eigenvalue weighted by Gasteiger charge is -2.40. The molecular formula is C12H23NO2. The zero-order valence-corrected chi connectivity index (χ0v) is 10.1.